The molecule has 1 saturated carbocycles. The van der Waals surface area contributed by atoms with Gasteiger partial charge in [-0.3, -0.25) is 4.79 Å². The van der Waals surface area contributed by atoms with Crippen LogP contribution in [-0.4, -0.2) is 11.9 Å². The number of nitrogens with one attached hydrogen (secondary N) is 1. The topological polar surface area (TPSA) is 55.1 Å². The average Bonchev–Trinajstić information content (AvgIpc) is 2.39. The summed E-state index contributed by atoms with van der Waals surface area (Å²) < 4.78 is 0. The highest BCUT2D eigenvalue weighted by molar-refractivity contribution is 5.83. The average molecular weight is 246 g/mol. The summed E-state index contributed by atoms with van der Waals surface area (Å²) >= 11 is 0. The number of anilines is 1. The van der Waals surface area contributed by atoms with Crippen molar-refractivity contribution in [1.82, 2.24) is 5.32 Å². The number of carbonyl (C=O) groups excluding carboxylic acids is 1. The third-order valence-electron chi connectivity index (χ3n) is 3.76. The third kappa shape index (κ3) is 3.25. The molecule has 1 aliphatic rings. The normalized spacial score (nSPS) is 18.3. The van der Waals surface area contributed by atoms with Crippen LogP contribution in [0.2, 0.25) is 0 Å². The molecule has 0 bridgehead atoms. The van der Waals surface area contributed by atoms with Crippen LogP contribution in [0, 0.1) is 0 Å². The summed E-state index contributed by atoms with van der Waals surface area (Å²) in [6, 6.07) is 7.95. The highest BCUT2D eigenvalue weighted by Gasteiger charge is 2.20. The first-order chi connectivity index (χ1) is 8.66. The number of hydrogen-bond acceptors (Lipinski definition) is 2. The number of nitrogen functional groups attached to an aromatic ring is 1. The minimum atomic E-state index is -0.129. The van der Waals surface area contributed by atoms with Crippen LogP contribution in [0.3, 0.4) is 0 Å². The Bertz CT molecular complexity index is 411. The Labute approximate surface area is 109 Å². The third-order valence-corrected chi connectivity index (χ3v) is 3.76. The molecule has 3 heteroatoms. The highest BCUT2D eigenvalue weighted by Crippen LogP contribution is 2.21. The van der Waals surface area contributed by atoms with Gasteiger partial charge in [0.2, 0.25) is 5.91 Å². The second-order valence-electron chi connectivity index (χ2n) is 5.24. The largest absolute Gasteiger partial charge is 0.399 e. The van der Waals surface area contributed by atoms with Gasteiger partial charge >= 0.3 is 0 Å². The van der Waals surface area contributed by atoms with Crippen LogP contribution in [-0.2, 0) is 4.79 Å². The van der Waals surface area contributed by atoms with Crippen molar-refractivity contribution in [3.63, 3.8) is 0 Å². The first-order valence-corrected chi connectivity index (χ1v) is 6.82. The Balaban J connectivity index is 1.95. The van der Waals surface area contributed by atoms with E-state index in [1.165, 1.54) is 19.3 Å². The molecule has 1 aromatic carbocycles. The van der Waals surface area contributed by atoms with E-state index in [-0.39, 0.29) is 11.8 Å². The van der Waals surface area contributed by atoms with Crippen LogP contribution in [0.4, 0.5) is 5.69 Å². The summed E-state index contributed by atoms with van der Waals surface area (Å²) in [5.74, 6) is -0.0112. The van der Waals surface area contributed by atoms with Crippen molar-refractivity contribution < 1.29 is 4.79 Å². The molecule has 0 radical (unpaired) electrons. The van der Waals surface area contributed by atoms with E-state index >= 15 is 0 Å². The molecule has 3 N–H and O–H groups in total. The number of hydrogen-bond donors (Lipinski definition) is 2. The number of carbonyl (C=O) groups is 1. The first kappa shape index (κ1) is 12.9. The molecule has 1 atom stereocenters. The highest BCUT2D eigenvalue weighted by atomic mass is 16.1. The maximum Gasteiger partial charge on any atom is 0.227 e. The summed E-state index contributed by atoms with van der Waals surface area (Å²) in [6.45, 7) is 1.94. The van der Waals surface area contributed by atoms with Gasteiger partial charge < -0.3 is 11.1 Å². The van der Waals surface area contributed by atoms with Crippen molar-refractivity contribution in [3.8, 4) is 0 Å². The lowest BCUT2D eigenvalue weighted by Crippen LogP contribution is -2.38. The maximum absolute atomic E-state index is 12.2. The molecule has 0 aromatic heterocycles. The van der Waals surface area contributed by atoms with Crippen molar-refractivity contribution in [3.05, 3.63) is 29.8 Å². The van der Waals surface area contributed by atoms with Crippen molar-refractivity contribution in [2.24, 2.45) is 0 Å². The lowest BCUT2D eigenvalue weighted by atomic mass is 9.94. The van der Waals surface area contributed by atoms with E-state index in [1.54, 1.807) is 0 Å². The van der Waals surface area contributed by atoms with Crippen LogP contribution in [0.25, 0.3) is 0 Å². The van der Waals surface area contributed by atoms with Crippen molar-refractivity contribution in [1.29, 1.82) is 0 Å². The molecule has 0 spiro atoms. The SMILES string of the molecule is CC(C(=O)NC1CCCCC1)c1cccc(N)c1. The van der Waals surface area contributed by atoms with Gasteiger partial charge in [-0.25, -0.2) is 0 Å². The molecule has 18 heavy (non-hydrogen) atoms. The second-order valence-corrected chi connectivity index (χ2v) is 5.24. The fourth-order valence-corrected chi connectivity index (χ4v) is 2.55. The Hall–Kier alpha value is -1.51. The zero-order valence-corrected chi connectivity index (χ0v) is 11.0. The minimum absolute atomic E-state index is 0.118. The molecule has 1 fully saturated rings. The Morgan fingerprint density at radius 1 is 1.33 bits per heavy atom. The minimum Gasteiger partial charge on any atom is -0.399 e. The lowest BCUT2D eigenvalue weighted by molar-refractivity contribution is -0.123. The Kier molecular flexibility index (Phi) is 4.24. The lowest BCUT2D eigenvalue weighted by Gasteiger charge is -2.24. The van der Waals surface area contributed by atoms with Crippen LogP contribution in [0.1, 0.15) is 50.5 Å². The van der Waals surface area contributed by atoms with E-state index in [2.05, 4.69) is 5.32 Å². The molecular formula is C15H22N2O. The van der Waals surface area contributed by atoms with Gasteiger partial charge in [-0.15, -0.1) is 0 Å². The molecule has 1 aliphatic carbocycles. The number of nitrogens with two attached hydrogens (primary N) is 1. The van der Waals surface area contributed by atoms with E-state index in [0.29, 0.717) is 11.7 Å². The van der Waals surface area contributed by atoms with Crippen molar-refractivity contribution >= 4 is 11.6 Å². The first-order valence-electron chi connectivity index (χ1n) is 6.82. The van der Waals surface area contributed by atoms with E-state index in [0.717, 1.165) is 18.4 Å². The zero-order valence-electron chi connectivity index (χ0n) is 11.0. The Morgan fingerprint density at radius 3 is 2.72 bits per heavy atom. The summed E-state index contributed by atoms with van der Waals surface area (Å²) in [4.78, 5) is 12.2. The van der Waals surface area contributed by atoms with Gasteiger partial charge in [0.15, 0.2) is 0 Å². The summed E-state index contributed by atoms with van der Waals surface area (Å²) in [6.07, 6.45) is 6.01. The number of rotatable bonds is 3. The monoisotopic (exact) mass is 246 g/mol. The van der Waals surface area contributed by atoms with Crippen LogP contribution < -0.4 is 11.1 Å². The molecule has 3 nitrogen and oxygen atoms in total. The van der Waals surface area contributed by atoms with E-state index < -0.39 is 0 Å². The van der Waals surface area contributed by atoms with Crippen LogP contribution in [0.5, 0.6) is 0 Å². The summed E-state index contributed by atoms with van der Waals surface area (Å²) in [7, 11) is 0. The molecule has 0 saturated heterocycles. The molecule has 2 rings (SSSR count). The maximum atomic E-state index is 12.2. The fourth-order valence-electron chi connectivity index (χ4n) is 2.55. The molecule has 1 aromatic rings. The van der Waals surface area contributed by atoms with Crippen molar-refractivity contribution in [2.45, 2.75) is 51.0 Å². The van der Waals surface area contributed by atoms with E-state index in [1.807, 2.05) is 31.2 Å². The van der Waals surface area contributed by atoms with Crippen LogP contribution >= 0.6 is 0 Å². The predicted octanol–water partition coefficient (Wildman–Crippen LogP) is 2.82. The molecule has 98 valence electrons. The number of benzene rings is 1. The standard InChI is InChI=1S/C15H22N2O/c1-11(12-6-5-7-13(16)10-12)15(18)17-14-8-3-2-4-9-14/h5-7,10-11,14H,2-4,8-9,16H2,1H3,(H,17,18). The van der Waals surface area contributed by atoms with E-state index in [9.17, 15) is 4.79 Å². The Morgan fingerprint density at radius 2 is 2.06 bits per heavy atom. The molecule has 1 unspecified atom stereocenters. The zero-order chi connectivity index (χ0) is 13.0. The van der Waals surface area contributed by atoms with Crippen LogP contribution in [0.15, 0.2) is 24.3 Å². The molecular weight excluding hydrogens is 224 g/mol. The van der Waals surface area contributed by atoms with Gasteiger partial charge in [0.05, 0.1) is 5.92 Å². The van der Waals surface area contributed by atoms with Gasteiger partial charge in [0, 0.05) is 11.7 Å². The predicted molar refractivity (Wildman–Crippen MR) is 74.3 cm³/mol. The molecule has 0 heterocycles. The fraction of sp³-hybridized carbons (Fsp3) is 0.533. The van der Waals surface area contributed by atoms with Gasteiger partial charge in [-0.05, 0) is 37.5 Å². The summed E-state index contributed by atoms with van der Waals surface area (Å²) in [5.41, 5.74) is 7.45. The van der Waals surface area contributed by atoms with Crippen molar-refractivity contribution in [2.75, 3.05) is 5.73 Å². The van der Waals surface area contributed by atoms with Gasteiger partial charge in [0.1, 0.15) is 0 Å². The van der Waals surface area contributed by atoms with Gasteiger partial charge in [0.25, 0.3) is 0 Å². The summed E-state index contributed by atoms with van der Waals surface area (Å²) in [5, 5.41) is 3.16. The smallest absolute Gasteiger partial charge is 0.227 e. The quantitative estimate of drug-likeness (QED) is 0.806. The second kappa shape index (κ2) is 5.89. The molecule has 0 aliphatic heterocycles. The van der Waals surface area contributed by atoms with E-state index in [4.69, 9.17) is 5.73 Å². The number of amides is 1. The molecule has 1 amide bonds. The van der Waals surface area contributed by atoms with Gasteiger partial charge in [-0.1, -0.05) is 31.4 Å². The van der Waals surface area contributed by atoms with Gasteiger partial charge in [-0.2, -0.15) is 0 Å².